The molecule has 0 radical (unpaired) electrons. The predicted molar refractivity (Wildman–Crippen MR) is 78.5 cm³/mol. The highest BCUT2D eigenvalue weighted by atomic mass is 16.2. The molecule has 20 heavy (non-hydrogen) atoms. The zero-order valence-electron chi connectivity index (χ0n) is 12.3. The first-order chi connectivity index (χ1) is 9.25. The van der Waals surface area contributed by atoms with Crippen molar-refractivity contribution >= 4 is 11.8 Å². The minimum absolute atomic E-state index is 0.188. The number of amides is 2. The van der Waals surface area contributed by atoms with Crippen molar-refractivity contribution in [3.63, 3.8) is 0 Å². The van der Waals surface area contributed by atoms with Crippen LogP contribution in [-0.2, 0) is 9.59 Å². The van der Waals surface area contributed by atoms with E-state index in [0.717, 1.165) is 0 Å². The summed E-state index contributed by atoms with van der Waals surface area (Å²) in [6.07, 6.45) is 1.35. The Morgan fingerprint density at radius 3 is 1.90 bits per heavy atom. The molecule has 0 aromatic heterocycles. The summed E-state index contributed by atoms with van der Waals surface area (Å²) in [6, 6.07) is -1.68. The van der Waals surface area contributed by atoms with Gasteiger partial charge in [0, 0.05) is 25.2 Å². The average Bonchev–Trinajstić information content (AvgIpc) is 2.39. The van der Waals surface area contributed by atoms with Crippen LogP contribution in [0.2, 0.25) is 0 Å². The van der Waals surface area contributed by atoms with E-state index in [4.69, 9.17) is 22.9 Å². The van der Waals surface area contributed by atoms with Crippen LogP contribution in [0.3, 0.4) is 0 Å². The maximum absolute atomic E-state index is 11.3. The second-order valence-corrected chi connectivity index (χ2v) is 5.08. The van der Waals surface area contributed by atoms with Gasteiger partial charge >= 0.3 is 0 Å². The van der Waals surface area contributed by atoms with Crippen molar-refractivity contribution in [2.45, 2.75) is 50.9 Å². The molecule has 0 aromatic rings. The molecule has 8 nitrogen and oxygen atoms in total. The largest absolute Gasteiger partial charge is 0.355 e. The number of rotatable bonds is 9. The van der Waals surface area contributed by atoms with E-state index in [2.05, 4.69) is 10.6 Å². The third kappa shape index (κ3) is 8.05. The van der Waals surface area contributed by atoms with Crippen molar-refractivity contribution < 1.29 is 9.59 Å². The normalized spacial score (nSPS) is 16.9. The molecule has 4 atom stereocenters. The summed E-state index contributed by atoms with van der Waals surface area (Å²) < 4.78 is 0. The molecule has 2 amide bonds. The first-order valence-electron chi connectivity index (χ1n) is 6.83. The summed E-state index contributed by atoms with van der Waals surface area (Å²) in [4.78, 5) is 22.5. The van der Waals surface area contributed by atoms with Gasteiger partial charge in [0.2, 0.25) is 11.8 Å². The number of nitrogens with two attached hydrogens (primary N) is 4. The lowest BCUT2D eigenvalue weighted by Crippen LogP contribution is -2.51. The molecular weight excluding hydrogens is 260 g/mol. The first kappa shape index (κ1) is 18.8. The van der Waals surface area contributed by atoms with E-state index >= 15 is 0 Å². The number of hydrogen-bond acceptors (Lipinski definition) is 6. The standard InChI is InChI=1S/C12H28N6O2/c1-7(13)11(19)17-5-3-4-9(15)10(16)6-18-12(20)8(2)14/h7-10H,3-6,13-16H2,1-2H3,(H,17,19)(H,18,20)/t7-,8-,9?,10?/m0/s1. The summed E-state index contributed by atoms with van der Waals surface area (Å²) in [5, 5.41) is 5.33. The van der Waals surface area contributed by atoms with E-state index in [0.29, 0.717) is 19.4 Å². The molecule has 0 aliphatic carbocycles. The molecule has 0 fully saturated rings. The molecule has 0 rings (SSSR count). The highest BCUT2D eigenvalue weighted by Crippen LogP contribution is 1.97. The van der Waals surface area contributed by atoms with E-state index in [9.17, 15) is 9.59 Å². The summed E-state index contributed by atoms with van der Waals surface area (Å²) >= 11 is 0. The summed E-state index contributed by atoms with van der Waals surface area (Å²) in [5.41, 5.74) is 22.6. The molecule has 0 aromatic carbocycles. The molecule has 8 heteroatoms. The summed E-state index contributed by atoms with van der Waals surface area (Å²) in [7, 11) is 0. The maximum atomic E-state index is 11.3. The Morgan fingerprint density at radius 2 is 1.40 bits per heavy atom. The van der Waals surface area contributed by atoms with Crippen LogP contribution < -0.4 is 33.6 Å². The lowest BCUT2D eigenvalue weighted by Gasteiger charge is -2.21. The number of carbonyl (C=O) groups is 2. The first-order valence-corrected chi connectivity index (χ1v) is 6.83. The Balaban J connectivity index is 3.78. The highest BCUT2D eigenvalue weighted by molar-refractivity contribution is 5.81. The van der Waals surface area contributed by atoms with E-state index in [1.807, 2.05) is 0 Å². The molecule has 2 unspecified atom stereocenters. The van der Waals surface area contributed by atoms with Crippen molar-refractivity contribution in [1.29, 1.82) is 0 Å². The molecule has 10 N–H and O–H groups in total. The maximum Gasteiger partial charge on any atom is 0.236 e. The van der Waals surface area contributed by atoms with E-state index in [-0.39, 0.29) is 30.4 Å². The van der Waals surface area contributed by atoms with E-state index < -0.39 is 12.1 Å². The third-order valence-electron chi connectivity index (χ3n) is 2.90. The van der Waals surface area contributed by atoms with Crippen LogP contribution in [0, 0.1) is 0 Å². The van der Waals surface area contributed by atoms with Crippen LogP contribution in [-0.4, -0.2) is 49.1 Å². The topological polar surface area (TPSA) is 162 Å². The van der Waals surface area contributed by atoms with Crippen molar-refractivity contribution in [3.8, 4) is 0 Å². The molecule has 0 saturated heterocycles. The zero-order chi connectivity index (χ0) is 15.7. The zero-order valence-corrected chi connectivity index (χ0v) is 12.3. The van der Waals surface area contributed by atoms with Gasteiger partial charge in [-0.2, -0.15) is 0 Å². The molecule has 0 aliphatic rings. The van der Waals surface area contributed by atoms with E-state index in [1.54, 1.807) is 13.8 Å². The summed E-state index contributed by atoms with van der Waals surface area (Å²) in [6.45, 7) is 4.01. The fraction of sp³-hybridized carbons (Fsp3) is 0.833. The fourth-order valence-corrected chi connectivity index (χ4v) is 1.46. The van der Waals surface area contributed by atoms with Crippen LogP contribution in [0.15, 0.2) is 0 Å². The van der Waals surface area contributed by atoms with Gasteiger partial charge in [0.1, 0.15) is 0 Å². The van der Waals surface area contributed by atoms with Crippen molar-refractivity contribution in [2.75, 3.05) is 13.1 Å². The second kappa shape index (κ2) is 9.65. The van der Waals surface area contributed by atoms with Crippen molar-refractivity contribution in [2.24, 2.45) is 22.9 Å². The number of nitrogens with one attached hydrogen (secondary N) is 2. The van der Waals surface area contributed by atoms with Gasteiger partial charge in [0.25, 0.3) is 0 Å². The van der Waals surface area contributed by atoms with Gasteiger partial charge in [0.05, 0.1) is 12.1 Å². The molecule has 0 aliphatic heterocycles. The predicted octanol–water partition coefficient (Wildman–Crippen LogP) is -2.65. The van der Waals surface area contributed by atoms with Crippen LogP contribution in [0.25, 0.3) is 0 Å². The fourth-order valence-electron chi connectivity index (χ4n) is 1.46. The van der Waals surface area contributed by atoms with Crippen LogP contribution >= 0.6 is 0 Å². The van der Waals surface area contributed by atoms with Crippen LogP contribution in [0.1, 0.15) is 26.7 Å². The quantitative estimate of drug-likeness (QED) is 0.254. The molecular formula is C12H28N6O2. The minimum Gasteiger partial charge on any atom is -0.355 e. The number of hydrogen-bond donors (Lipinski definition) is 6. The second-order valence-electron chi connectivity index (χ2n) is 5.08. The Bertz CT molecular complexity index is 308. The smallest absolute Gasteiger partial charge is 0.236 e. The summed E-state index contributed by atoms with van der Waals surface area (Å²) in [5.74, 6) is -0.441. The monoisotopic (exact) mass is 288 g/mol. The SMILES string of the molecule is C[C@H](N)C(=O)NCCCC(N)C(N)CNC(=O)[C@H](C)N. The third-order valence-corrected chi connectivity index (χ3v) is 2.90. The molecule has 0 bridgehead atoms. The molecule has 0 spiro atoms. The Kier molecular flexibility index (Phi) is 9.06. The van der Waals surface area contributed by atoms with Gasteiger partial charge < -0.3 is 33.6 Å². The van der Waals surface area contributed by atoms with Crippen molar-refractivity contribution in [1.82, 2.24) is 10.6 Å². The minimum atomic E-state index is -0.563. The van der Waals surface area contributed by atoms with Gasteiger partial charge in [-0.25, -0.2) is 0 Å². The highest BCUT2D eigenvalue weighted by Gasteiger charge is 2.15. The van der Waals surface area contributed by atoms with E-state index in [1.165, 1.54) is 0 Å². The number of carbonyl (C=O) groups excluding carboxylic acids is 2. The van der Waals surface area contributed by atoms with Gasteiger partial charge in [-0.3, -0.25) is 9.59 Å². The van der Waals surface area contributed by atoms with Gasteiger partial charge in [-0.15, -0.1) is 0 Å². The average molecular weight is 288 g/mol. The Morgan fingerprint density at radius 1 is 0.900 bits per heavy atom. The lowest BCUT2D eigenvalue weighted by molar-refractivity contribution is -0.122. The Labute approximate surface area is 120 Å². The lowest BCUT2D eigenvalue weighted by atomic mass is 10.0. The van der Waals surface area contributed by atoms with Crippen LogP contribution in [0.5, 0.6) is 0 Å². The Hall–Kier alpha value is -1.22. The molecule has 0 saturated carbocycles. The van der Waals surface area contributed by atoms with Gasteiger partial charge in [-0.1, -0.05) is 0 Å². The van der Waals surface area contributed by atoms with Gasteiger partial charge in [0.15, 0.2) is 0 Å². The van der Waals surface area contributed by atoms with Crippen molar-refractivity contribution in [3.05, 3.63) is 0 Å². The molecule has 0 heterocycles. The molecule has 118 valence electrons. The van der Waals surface area contributed by atoms with Gasteiger partial charge in [-0.05, 0) is 26.7 Å². The van der Waals surface area contributed by atoms with Crippen LogP contribution in [0.4, 0.5) is 0 Å².